The zero-order chi connectivity index (χ0) is 70.9. The summed E-state index contributed by atoms with van der Waals surface area (Å²) in [6.45, 7) is 6.53. The highest BCUT2D eigenvalue weighted by Crippen LogP contribution is 2.13. The summed E-state index contributed by atoms with van der Waals surface area (Å²) in [7, 11) is 0. The maximum absolute atomic E-state index is 13.3. The Morgan fingerprint density at radius 3 is 0.635 bits per heavy atom. The first-order valence-corrected chi connectivity index (χ1v) is 38.1. The Bertz CT molecular complexity index is 2040. The van der Waals surface area contributed by atoms with Crippen LogP contribution in [0.5, 0.6) is 0 Å². The normalized spacial score (nSPS) is 12.7. The van der Waals surface area contributed by atoms with E-state index < -0.39 is 36.1 Å². The molecule has 0 aromatic heterocycles. The quantitative estimate of drug-likeness (QED) is 0.0382. The molecule has 0 rings (SSSR count). The molecule has 0 bridgehead atoms. The molecule has 26 heteroatoms. The third kappa shape index (κ3) is 54.5. The van der Waals surface area contributed by atoms with Crippen LogP contribution < -0.4 is 88.0 Å². The number of carbonyl (C=O) groups excluding carboxylic acids is 10. The SMILES string of the molecule is NCCCCCCCC(=O)NC(CCCC[NH3+])C(=O)NCCCCCCCC(=O)NC(CCCC[NH3+])C(=O)NCCCCCCCC(=O)NC(CCCC[NH3+])C(=O)NCCCCCCCC(=O)NC(CCCC[NH3+])C(=O)NCCCCCCCC(=O)NC(CCCC[NH3+])C(N)=O. The Labute approximate surface area is 577 Å². The van der Waals surface area contributed by atoms with Crippen molar-refractivity contribution in [3.63, 3.8) is 0 Å². The summed E-state index contributed by atoms with van der Waals surface area (Å²) in [5.41, 5.74) is 30.5. The van der Waals surface area contributed by atoms with Crippen LogP contribution in [0.3, 0.4) is 0 Å². The molecule has 28 N–H and O–H groups in total. The van der Waals surface area contributed by atoms with Gasteiger partial charge in [0, 0.05) is 58.3 Å². The highest BCUT2D eigenvalue weighted by Gasteiger charge is 2.25. The fourth-order valence-corrected chi connectivity index (χ4v) is 11.4. The second-order valence-corrected chi connectivity index (χ2v) is 26.3. The minimum absolute atomic E-state index is 0.0822. The van der Waals surface area contributed by atoms with Crippen LogP contribution in [0.2, 0.25) is 0 Å². The number of nitrogens with one attached hydrogen (secondary N) is 9. The second kappa shape index (κ2) is 65.4. The predicted molar refractivity (Wildman–Crippen MR) is 376 cm³/mol. The number of rotatable bonds is 69. The highest BCUT2D eigenvalue weighted by atomic mass is 16.2. The van der Waals surface area contributed by atoms with E-state index in [0.29, 0.717) is 123 Å². The maximum atomic E-state index is 13.3. The molecule has 0 saturated heterocycles. The highest BCUT2D eigenvalue weighted by molar-refractivity contribution is 5.90. The molecule has 96 heavy (non-hydrogen) atoms. The number of hydrogen-bond donors (Lipinski definition) is 16. The Hall–Kier alpha value is -5.54. The van der Waals surface area contributed by atoms with Gasteiger partial charge in [-0.2, -0.15) is 0 Å². The van der Waals surface area contributed by atoms with Crippen molar-refractivity contribution in [2.24, 2.45) is 11.5 Å². The topological polar surface area (TPSA) is 469 Å². The van der Waals surface area contributed by atoms with Crippen LogP contribution in [0.15, 0.2) is 0 Å². The van der Waals surface area contributed by atoms with Gasteiger partial charge in [-0.1, -0.05) is 96.3 Å². The summed E-state index contributed by atoms with van der Waals surface area (Å²) in [5, 5.41) is 26.7. The first-order chi connectivity index (χ1) is 46.6. The Morgan fingerprint density at radius 1 is 0.240 bits per heavy atom. The zero-order valence-corrected chi connectivity index (χ0v) is 60.1. The van der Waals surface area contributed by atoms with Crippen molar-refractivity contribution in [3.05, 3.63) is 0 Å². The van der Waals surface area contributed by atoms with Crippen molar-refractivity contribution in [1.82, 2.24) is 47.9 Å². The lowest BCUT2D eigenvalue weighted by Gasteiger charge is -2.19. The molecular formula is C70H143N16O10+5. The van der Waals surface area contributed by atoms with Gasteiger partial charge in [-0.25, -0.2) is 0 Å². The monoisotopic (exact) mass is 1370 g/mol. The van der Waals surface area contributed by atoms with Crippen molar-refractivity contribution >= 4 is 59.1 Å². The van der Waals surface area contributed by atoms with E-state index in [0.717, 1.165) is 232 Å². The van der Waals surface area contributed by atoms with Crippen LogP contribution in [0.25, 0.3) is 0 Å². The molecule has 0 radical (unpaired) electrons. The van der Waals surface area contributed by atoms with Crippen molar-refractivity contribution in [2.75, 3.05) is 65.4 Å². The van der Waals surface area contributed by atoms with Gasteiger partial charge in [0.2, 0.25) is 59.1 Å². The summed E-state index contributed by atoms with van der Waals surface area (Å²) in [6.07, 6.45) is 34.2. The van der Waals surface area contributed by atoms with E-state index in [-0.39, 0.29) is 53.2 Å². The number of carbonyl (C=O) groups is 10. The molecule has 10 amide bonds. The van der Waals surface area contributed by atoms with Gasteiger partial charge in [-0.15, -0.1) is 0 Å². The number of unbranched alkanes of at least 4 members (excludes halogenated alkanes) is 25. The van der Waals surface area contributed by atoms with Crippen molar-refractivity contribution < 1.29 is 76.6 Å². The van der Waals surface area contributed by atoms with Crippen LogP contribution in [0.1, 0.15) is 289 Å². The fourth-order valence-electron chi connectivity index (χ4n) is 11.4. The van der Waals surface area contributed by atoms with Gasteiger partial charge in [-0.05, 0) is 167 Å². The van der Waals surface area contributed by atoms with Crippen molar-refractivity contribution in [1.29, 1.82) is 0 Å². The molecule has 0 heterocycles. The van der Waals surface area contributed by atoms with Gasteiger partial charge < -0.3 is 88.0 Å². The van der Waals surface area contributed by atoms with E-state index in [9.17, 15) is 47.9 Å². The molecule has 0 aliphatic carbocycles. The average molecular weight is 1370 g/mol. The molecule has 0 aromatic rings. The van der Waals surface area contributed by atoms with Crippen molar-refractivity contribution in [3.8, 4) is 0 Å². The predicted octanol–water partition coefficient (Wildman–Crippen LogP) is 1.08. The number of quaternary nitrogens is 5. The number of nitrogens with two attached hydrogens (primary N) is 2. The standard InChI is InChI=1S/C70H138N16O10/c71-46-26-11-1-6-16-42-62(88)83-57(37-22-28-48-73)67(93)79-53-33-13-3-8-18-44-64(90)85-59(39-24-30-50-75)69(95)81-55-35-15-5-10-20-45-65(91)86-60(40-25-31-51-76)70(96)80-54-34-14-4-9-19-43-63(89)84-58(38-23-29-49-74)68(94)78-52-32-12-2-7-17-41-61(87)82-56(66(77)92)36-21-27-47-72/h56-60H,1-55,71-76H2,(H2,77,92)(H,78,94)(H,79,93)(H,80,96)(H,81,95)(H,82,87)(H,83,88)(H,84,89)(H,85,90)(H,86,91)/p+5. The van der Waals surface area contributed by atoms with Crippen LogP contribution in [-0.2, 0) is 47.9 Å². The van der Waals surface area contributed by atoms with Gasteiger partial charge in [0.1, 0.15) is 30.2 Å². The first kappa shape index (κ1) is 90.5. The van der Waals surface area contributed by atoms with Gasteiger partial charge >= 0.3 is 0 Å². The zero-order valence-electron chi connectivity index (χ0n) is 60.1. The number of primary amides is 1. The van der Waals surface area contributed by atoms with E-state index in [1.54, 1.807) is 0 Å². The Balaban J connectivity index is 4.56. The first-order valence-electron chi connectivity index (χ1n) is 38.1. The summed E-state index contributed by atoms with van der Waals surface area (Å²) in [5.74, 6) is -1.88. The molecule has 0 fully saturated rings. The molecule has 0 saturated carbocycles. The van der Waals surface area contributed by atoms with E-state index in [4.69, 9.17) is 11.5 Å². The molecule has 0 aliphatic heterocycles. The van der Waals surface area contributed by atoms with Crippen LogP contribution in [0.4, 0.5) is 0 Å². The van der Waals surface area contributed by atoms with Crippen LogP contribution >= 0.6 is 0 Å². The van der Waals surface area contributed by atoms with Gasteiger partial charge in [0.05, 0.1) is 32.7 Å². The van der Waals surface area contributed by atoms with Crippen molar-refractivity contribution in [2.45, 2.75) is 319 Å². The molecule has 0 aliphatic rings. The summed E-state index contributed by atoms with van der Waals surface area (Å²) in [4.78, 5) is 128. The molecule has 558 valence electrons. The minimum Gasteiger partial charge on any atom is -0.368 e. The second-order valence-electron chi connectivity index (χ2n) is 26.3. The average Bonchev–Trinajstić information content (AvgIpc) is 1.55. The van der Waals surface area contributed by atoms with E-state index >= 15 is 0 Å². The van der Waals surface area contributed by atoms with Crippen LogP contribution in [0, 0.1) is 0 Å². The minimum atomic E-state index is -0.645. The van der Waals surface area contributed by atoms with Gasteiger partial charge in [0.25, 0.3) is 0 Å². The molecule has 0 aromatic carbocycles. The lowest BCUT2D eigenvalue weighted by molar-refractivity contribution is -0.368. The Morgan fingerprint density at radius 2 is 0.427 bits per heavy atom. The fraction of sp³-hybridized carbons (Fsp3) is 0.857. The lowest BCUT2D eigenvalue weighted by Crippen LogP contribution is -2.50. The molecule has 5 unspecified atom stereocenters. The van der Waals surface area contributed by atoms with E-state index in [1.807, 2.05) is 0 Å². The summed E-state index contributed by atoms with van der Waals surface area (Å²) in [6, 6.07) is -3.00. The van der Waals surface area contributed by atoms with E-state index in [1.165, 1.54) is 0 Å². The van der Waals surface area contributed by atoms with Gasteiger partial charge in [0.15, 0.2) is 0 Å². The lowest BCUT2D eigenvalue weighted by atomic mass is 10.1. The van der Waals surface area contributed by atoms with Gasteiger partial charge in [-0.3, -0.25) is 47.9 Å². The van der Waals surface area contributed by atoms with E-state index in [2.05, 4.69) is 76.5 Å². The third-order valence-corrected chi connectivity index (χ3v) is 17.4. The molecule has 26 nitrogen and oxygen atoms in total. The van der Waals surface area contributed by atoms with Crippen LogP contribution in [-0.4, -0.2) is 155 Å². The number of hydrogen-bond acceptors (Lipinski definition) is 11. The number of amides is 10. The third-order valence-electron chi connectivity index (χ3n) is 17.4. The summed E-state index contributed by atoms with van der Waals surface area (Å²) < 4.78 is 0. The summed E-state index contributed by atoms with van der Waals surface area (Å²) >= 11 is 0. The molecular weight excluding hydrogens is 1220 g/mol. The molecule has 5 atom stereocenters. The maximum Gasteiger partial charge on any atom is 0.242 e. The Kier molecular flexibility index (Phi) is 61.6. The largest absolute Gasteiger partial charge is 0.368 e. The molecule has 0 spiro atoms. The smallest absolute Gasteiger partial charge is 0.242 e.